The van der Waals surface area contributed by atoms with E-state index in [0.29, 0.717) is 11.4 Å². The molecular weight excluding hydrogens is 398 g/mol. The summed E-state index contributed by atoms with van der Waals surface area (Å²) in [5.74, 6) is -0.0850. The highest BCUT2D eigenvalue weighted by Crippen LogP contribution is 2.29. The number of aromatic nitrogens is 1. The van der Waals surface area contributed by atoms with Crippen molar-refractivity contribution in [3.05, 3.63) is 88.2 Å². The molecule has 9 heteroatoms. The van der Waals surface area contributed by atoms with Crippen molar-refractivity contribution >= 4 is 23.0 Å². The molecule has 31 heavy (non-hydrogen) atoms. The van der Waals surface area contributed by atoms with Crippen LogP contribution in [0.4, 0.5) is 17.1 Å². The van der Waals surface area contributed by atoms with Gasteiger partial charge in [-0.15, -0.1) is 0 Å². The minimum Gasteiger partial charge on any atom is -0.479 e. The molecule has 1 atom stereocenters. The van der Waals surface area contributed by atoms with Crippen LogP contribution in [0.1, 0.15) is 29.0 Å². The van der Waals surface area contributed by atoms with Crippen LogP contribution in [0, 0.1) is 21.4 Å². The summed E-state index contributed by atoms with van der Waals surface area (Å²) in [6, 6.07) is 17.8. The Morgan fingerprint density at radius 3 is 2.77 bits per heavy atom. The van der Waals surface area contributed by atoms with Crippen molar-refractivity contribution in [2.45, 2.75) is 13.0 Å². The molecule has 1 heterocycles. The van der Waals surface area contributed by atoms with Crippen molar-refractivity contribution in [1.29, 1.82) is 5.26 Å². The Labute approximate surface area is 178 Å². The molecule has 3 rings (SSSR count). The highest BCUT2D eigenvalue weighted by Gasteiger charge is 2.20. The second-order valence-electron chi connectivity index (χ2n) is 6.54. The summed E-state index contributed by atoms with van der Waals surface area (Å²) in [5.41, 5.74) is 1.37. The standard InChI is InChI=1S/C22H19N5O4/c1-15(19-7-2-3-11-24-19)25-20-9-8-16(13-21(20)27(29)30)22(28)26-17-5-4-6-18(14-17)31-12-10-23/h2-9,11,13-15,25H,12H2,1H3,(H,26,28). The molecule has 0 spiro atoms. The molecule has 0 saturated carbocycles. The van der Waals surface area contributed by atoms with E-state index >= 15 is 0 Å². The summed E-state index contributed by atoms with van der Waals surface area (Å²) >= 11 is 0. The van der Waals surface area contributed by atoms with E-state index in [0.717, 1.165) is 5.69 Å². The normalized spacial score (nSPS) is 11.1. The van der Waals surface area contributed by atoms with E-state index < -0.39 is 10.8 Å². The summed E-state index contributed by atoms with van der Waals surface area (Å²) in [6.45, 7) is 1.73. The van der Waals surface area contributed by atoms with E-state index in [1.165, 1.54) is 18.2 Å². The number of carbonyl (C=O) groups is 1. The fourth-order valence-corrected chi connectivity index (χ4v) is 2.87. The average Bonchev–Trinajstić information content (AvgIpc) is 2.78. The molecule has 0 saturated heterocycles. The molecule has 0 radical (unpaired) electrons. The minimum atomic E-state index is -0.541. The number of benzene rings is 2. The predicted molar refractivity (Wildman–Crippen MR) is 115 cm³/mol. The van der Waals surface area contributed by atoms with Gasteiger partial charge in [0.15, 0.2) is 6.61 Å². The topological polar surface area (TPSA) is 130 Å². The van der Waals surface area contributed by atoms with E-state index in [1.54, 1.807) is 36.5 Å². The zero-order chi connectivity index (χ0) is 22.2. The van der Waals surface area contributed by atoms with Crippen LogP contribution in [-0.4, -0.2) is 22.4 Å². The highest BCUT2D eigenvalue weighted by molar-refractivity contribution is 6.05. The number of carbonyl (C=O) groups excluding carboxylic acids is 1. The second-order valence-corrected chi connectivity index (χ2v) is 6.54. The Kier molecular flexibility index (Phi) is 6.75. The van der Waals surface area contributed by atoms with Crippen molar-refractivity contribution in [1.82, 2.24) is 4.98 Å². The number of nitro groups is 1. The molecule has 0 aliphatic heterocycles. The summed E-state index contributed by atoms with van der Waals surface area (Å²) in [4.78, 5) is 27.9. The van der Waals surface area contributed by atoms with Crippen molar-refractivity contribution < 1.29 is 14.5 Å². The van der Waals surface area contributed by atoms with Gasteiger partial charge in [-0.1, -0.05) is 12.1 Å². The number of pyridine rings is 1. The van der Waals surface area contributed by atoms with E-state index in [-0.39, 0.29) is 29.6 Å². The Balaban J connectivity index is 1.78. The summed E-state index contributed by atoms with van der Waals surface area (Å²) < 4.78 is 5.21. The van der Waals surface area contributed by atoms with Crippen LogP contribution in [0.5, 0.6) is 5.75 Å². The van der Waals surface area contributed by atoms with Crippen LogP contribution >= 0.6 is 0 Å². The number of nitrogens with one attached hydrogen (secondary N) is 2. The lowest BCUT2D eigenvalue weighted by Gasteiger charge is -2.15. The average molecular weight is 417 g/mol. The zero-order valence-corrected chi connectivity index (χ0v) is 16.6. The monoisotopic (exact) mass is 417 g/mol. The van der Waals surface area contributed by atoms with Gasteiger partial charge in [0, 0.05) is 29.6 Å². The van der Waals surface area contributed by atoms with Gasteiger partial charge in [-0.2, -0.15) is 5.26 Å². The van der Waals surface area contributed by atoms with Gasteiger partial charge >= 0.3 is 0 Å². The number of nitriles is 1. The van der Waals surface area contributed by atoms with Crippen molar-refractivity contribution in [2.24, 2.45) is 0 Å². The largest absolute Gasteiger partial charge is 0.479 e. The lowest BCUT2D eigenvalue weighted by atomic mass is 10.1. The Morgan fingerprint density at radius 2 is 2.06 bits per heavy atom. The molecule has 9 nitrogen and oxygen atoms in total. The number of nitro benzene ring substituents is 1. The molecule has 0 bridgehead atoms. The fourth-order valence-electron chi connectivity index (χ4n) is 2.87. The Bertz CT molecular complexity index is 1130. The molecule has 1 amide bonds. The maximum atomic E-state index is 12.6. The predicted octanol–water partition coefficient (Wildman–Crippen LogP) is 4.32. The van der Waals surface area contributed by atoms with Crippen molar-refractivity contribution in [3.63, 3.8) is 0 Å². The van der Waals surface area contributed by atoms with E-state index in [1.807, 2.05) is 25.1 Å². The first kappa shape index (κ1) is 21.3. The molecule has 0 aliphatic carbocycles. The molecule has 0 fully saturated rings. The third-order valence-corrected chi connectivity index (χ3v) is 4.36. The van der Waals surface area contributed by atoms with Crippen molar-refractivity contribution in [2.75, 3.05) is 17.2 Å². The van der Waals surface area contributed by atoms with E-state index in [9.17, 15) is 14.9 Å². The summed E-state index contributed by atoms with van der Waals surface area (Å²) in [6.07, 6.45) is 1.65. The molecule has 3 aromatic rings. The minimum absolute atomic E-state index is 0.116. The van der Waals surface area contributed by atoms with Gasteiger partial charge in [0.2, 0.25) is 0 Å². The number of hydrogen-bond acceptors (Lipinski definition) is 7. The Hall–Kier alpha value is -4.45. The molecule has 2 N–H and O–H groups in total. The lowest BCUT2D eigenvalue weighted by Crippen LogP contribution is -2.14. The zero-order valence-electron chi connectivity index (χ0n) is 16.6. The number of hydrogen-bond donors (Lipinski definition) is 2. The third kappa shape index (κ3) is 5.55. The van der Waals surface area contributed by atoms with Gasteiger partial charge in [-0.3, -0.25) is 19.9 Å². The SMILES string of the molecule is CC(Nc1ccc(C(=O)Nc2cccc(OCC#N)c2)cc1[N+](=O)[O-])c1ccccn1. The van der Waals surface area contributed by atoms with Crippen LogP contribution < -0.4 is 15.4 Å². The van der Waals surface area contributed by atoms with Gasteiger partial charge in [0.25, 0.3) is 11.6 Å². The molecular formula is C22H19N5O4. The van der Waals surface area contributed by atoms with Crippen LogP contribution in [0.15, 0.2) is 66.9 Å². The summed E-state index contributed by atoms with van der Waals surface area (Å²) in [7, 11) is 0. The third-order valence-electron chi connectivity index (χ3n) is 4.36. The maximum absolute atomic E-state index is 12.6. The molecule has 1 unspecified atom stereocenters. The first-order valence-electron chi connectivity index (χ1n) is 9.35. The fraction of sp³-hybridized carbons (Fsp3) is 0.136. The molecule has 1 aromatic heterocycles. The first-order chi connectivity index (χ1) is 15.0. The molecule has 0 aliphatic rings. The maximum Gasteiger partial charge on any atom is 0.293 e. The van der Waals surface area contributed by atoms with Gasteiger partial charge in [-0.05, 0) is 43.3 Å². The number of rotatable bonds is 8. The smallest absolute Gasteiger partial charge is 0.293 e. The van der Waals surface area contributed by atoms with Crippen LogP contribution in [0.3, 0.4) is 0 Å². The van der Waals surface area contributed by atoms with Crippen LogP contribution in [0.25, 0.3) is 0 Å². The van der Waals surface area contributed by atoms with E-state index in [2.05, 4.69) is 15.6 Å². The summed E-state index contributed by atoms with van der Waals surface area (Å²) in [5, 5.41) is 25.9. The second kappa shape index (κ2) is 9.84. The van der Waals surface area contributed by atoms with Gasteiger partial charge < -0.3 is 15.4 Å². The van der Waals surface area contributed by atoms with Gasteiger partial charge in [-0.25, -0.2) is 0 Å². The quantitative estimate of drug-likeness (QED) is 0.412. The van der Waals surface area contributed by atoms with Gasteiger partial charge in [0.05, 0.1) is 16.7 Å². The Morgan fingerprint density at radius 1 is 1.23 bits per heavy atom. The number of nitrogens with zero attached hydrogens (tertiary/aromatic N) is 3. The highest BCUT2D eigenvalue weighted by atomic mass is 16.6. The molecule has 2 aromatic carbocycles. The number of ether oxygens (including phenoxy) is 1. The number of amides is 1. The van der Waals surface area contributed by atoms with Crippen LogP contribution in [0.2, 0.25) is 0 Å². The number of anilines is 2. The first-order valence-corrected chi connectivity index (χ1v) is 9.35. The van der Waals surface area contributed by atoms with Crippen LogP contribution in [-0.2, 0) is 0 Å². The van der Waals surface area contributed by atoms with Gasteiger partial charge in [0.1, 0.15) is 17.5 Å². The molecule has 156 valence electrons. The van der Waals surface area contributed by atoms with Crippen molar-refractivity contribution in [3.8, 4) is 11.8 Å². The van der Waals surface area contributed by atoms with E-state index in [4.69, 9.17) is 10.00 Å². The lowest BCUT2D eigenvalue weighted by molar-refractivity contribution is -0.384.